The summed E-state index contributed by atoms with van der Waals surface area (Å²) < 4.78 is 0. The lowest BCUT2D eigenvalue weighted by Gasteiger charge is -2.39. The Hall–Kier alpha value is -3.02. The fourth-order valence-corrected chi connectivity index (χ4v) is 5.95. The highest BCUT2D eigenvalue weighted by Gasteiger charge is 2.42. The third-order valence-electron chi connectivity index (χ3n) is 8.10. The Morgan fingerprint density at radius 3 is 2.86 bits per heavy atom. The summed E-state index contributed by atoms with van der Waals surface area (Å²) in [7, 11) is 0. The molecule has 0 bridgehead atoms. The molecule has 1 saturated carbocycles. The van der Waals surface area contributed by atoms with Crippen LogP contribution in [0.2, 0.25) is 0 Å². The Balaban J connectivity index is 1.22. The first kappa shape index (κ1) is 22.4. The number of pyridine rings is 1. The number of aromatic nitrogens is 1. The van der Waals surface area contributed by atoms with Crippen molar-refractivity contribution >= 4 is 22.8 Å². The van der Waals surface area contributed by atoms with E-state index in [0.29, 0.717) is 36.8 Å². The molecule has 0 spiro atoms. The van der Waals surface area contributed by atoms with Crippen molar-refractivity contribution in [3.05, 3.63) is 82.7 Å². The molecule has 3 aromatic rings. The van der Waals surface area contributed by atoms with Crippen LogP contribution < -0.4 is 5.32 Å². The molecule has 3 aliphatic rings. The van der Waals surface area contributed by atoms with Crippen LogP contribution in [0.4, 0.5) is 0 Å². The lowest BCUT2D eigenvalue weighted by Crippen LogP contribution is -2.42. The van der Waals surface area contributed by atoms with Crippen molar-refractivity contribution in [2.45, 2.75) is 50.7 Å². The van der Waals surface area contributed by atoms with Crippen molar-refractivity contribution in [2.75, 3.05) is 19.6 Å². The number of nitrogens with zero attached hydrogens (tertiary/aromatic N) is 2. The van der Waals surface area contributed by atoms with Crippen molar-refractivity contribution in [2.24, 2.45) is 5.92 Å². The number of hydrogen-bond acceptors (Lipinski definition) is 4. The summed E-state index contributed by atoms with van der Waals surface area (Å²) in [5.74, 6) is 1.25. The van der Waals surface area contributed by atoms with E-state index in [1.807, 2.05) is 13.0 Å². The van der Waals surface area contributed by atoms with Gasteiger partial charge in [0.15, 0.2) is 0 Å². The predicted octanol–water partition coefficient (Wildman–Crippen LogP) is 4.99. The summed E-state index contributed by atoms with van der Waals surface area (Å²) in [5, 5.41) is 17.1. The summed E-state index contributed by atoms with van der Waals surface area (Å²) in [4.78, 5) is 19.2. The van der Waals surface area contributed by atoms with Gasteiger partial charge in [0.2, 0.25) is 0 Å². The third kappa shape index (κ3) is 4.17. The number of piperidine rings is 1. The molecule has 1 amide bonds. The number of rotatable bonds is 6. The third-order valence-corrected chi connectivity index (χ3v) is 8.10. The van der Waals surface area contributed by atoms with E-state index < -0.39 is 5.60 Å². The van der Waals surface area contributed by atoms with Crippen molar-refractivity contribution < 1.29 is 9.90 Å². The van der Waals surface area contributed by atoms with Gasteiger partial charge in [-0.2, -0.15) is 0 Å². The largest absolute Gasteiger partial charge is 0.385 e. The lowest BCUT2D eigenvalue weighted by molar-refractivity contribution is -0.0279. The Kier molecular flexibility index (Phi) is 5.70. The second kappa shape index (κ2) is 8.89. The van der Waals surface area contributed by atoms with Crippen molar-refractivity contribution in [3.63, 3.8) is 0 Å². The lowest BCUT2D eigenvalue weighted by atomic mass is 9.84. The molecule has 1 aromatic heterocycles. The average molecular weight is 468 g/mol. The molecule has 5 heteroatoms. The minimum Gasteiger partial charge on any atom is -0.385 e. The quantitative estimate of drug-likeness (QED) is 0.536. The first-order chi connectivity index (χ1) is 17.1. The van der Waals surface area contributed by atoms with Gasteiger partial charge in [-0.05, 0) is 77.1 Å². The molecule has 2 aliphatic carbocycles. The highest BCUT2D eigenvalue weighted by molar-refractivity contribution is 5.94. The molecule has 2 heterocycles. The summed E-state index contributed by atoms with van der Waals surface area (Å²) in [6.07, 6.45) is 11.4. The van der Waals surface area contributed by atoms with Gasteiger partial charge in [0.1, 0.15) is 0 Å². The summed E-state index contributed by atoms with van der Waals surface area (Å²) in [6.45, 7) is 5.20. The van der Waals surface area contributed by atoms with E-state index in [4.69, 9.17) is 0 Å². The SMILES string of the molecule is CCCNC(=O)c1cncc(C2(O)CCN(Cc3c4c(cc5ccccc35)C=CC3CC43)CC2)c1. The zero-order valence-electron chi connectivity index (χ0n) is 20.3. The molecule has 1 aliphatic heterocycles. The molecule has 1 saturated heterocycles. The number of likely N-dealkylation sites (tertiary alicyclic amines) is 1. The predicted molar refractivity (Wildman–Crippen MR) is 139 cm³/mol. The van der Waals surface area contributed by atoms with Gasteiger partial charge in [-0.1, -0.05) is 43.3 Å². The monoisotopic (exact) mass is 467 g/mol. The molecule has 6 rings (SSSR count). The van der Waals surface area contributed by atoms with Crippen LogP contribution in [0.1, 0.15) is 71.1 Å². The number of benzene rings is 2. The van der Waals surface area contributed by atoms with Gasteiger partial charge >= 0.3 is 0 Å². The van der Waals surface area contributed by atoms with E-state index >= 15 is 0 Å². The smallest absolute Gasteiger partial charge is 0.252 e. The maximum absolute atomic E-state index is 12.4. The molecule has 35 heavy (non-hydrogen) atoms. The van der Waals surface area contributed by atoms with E-state index in [-0.39, 0.29) is 5.91 Å². The van der Waals surface area contributed by atoms with E-state index in [2.05, 4.69) is 57.7 Å². The summed E-state index contributed by atoms with van der Waals surface area (Å²) in [5.41, 5.74) is 4.71. The van der Waals surface area contributed by atoms with E-state index in [9.17, 15) is 9.90 Å². The Morgan fingerprint density at radius 1 is 1.20 bits per heavy atom. The van der Waals surface area contributed by atoms with Crippen molar-refractivity contribution in [1.82, 2.24) is 15.2 Å². The first-order valence-electron chi connectivity index (χ1n) is 13.0. The van der Waals surface area contributed by atoms with Crippen LogP contribution in [0.15, 0.2) is 54.9 Å². The molecule has 2 unspecified atom stereocenters. The van der Waals surface area contributed by atoms with Crippen molar-refractivity contribution in [1.29, 1.82) is 0 Å². The number of carbonyl (C=O) groups excluding carboxylic acids is 1. The number of nitrogens with one attached hydrogen (secondary N) is 1. The van der Waals surface area contributed by atoms with Gasteiger partial charge < -0.3 is 10.4 Å². The van der Waals surface area contributed by atoms with Crippen LogP contribution in [0.5, 0.6) is 0 Å². The van der Waals surface area contributed by atoms with Crippen LogP contribution >= 0.6 is 0 Å². The van der Waals surface area contributed by atoms with Crippen LogP contribution in [0, 0.1) is 5.92 Å². The fourth-order valence-electron chi connectivity index (χ4n) is 5.95. The standard InChI is InChI=1S/C30H33N3O2/c1-2-11-32-29(34)23-15-24(18-31-17-23)30(35)9-12-33(13-10-30)19-27-25-6-4-3-5-20(25)14-22-8-7-21-16-26(21)28(22)27/h3-8,14-15,17-18,21,26,35H,2,9-13,16,19H2,1H3,(H,32,34). The number of hydrogen-bond donors (Lipinski definition) is 2. The molecule has 2 atom stereocenters. The highest BCUT2D eigenvalue weighted by Crippen LogP contribution is 2.55. The van der Waals surface area contributed by atoms with Crippen LogP contribution in [0.3, 0.4) is 0 Å². The van der Waals surface area contributed by atoms with Crippen LogP contribution in [-0.2, 0) is 12.1 Å². The van der Waals surface area contributed by atoms with Gasteiger partial charge in [-0.25, -0.2) is 0 Å². The molecular weight excluding hydrogens is 434 g/mol. The second-order valence-electron chi connectivity index (χ2n) is 10.5. The van der Waals surface area contributed by atoms with Crippen LogP contribution in [0.25, 0.3) is 16.8 Å². The van der Waals surface area contributed by atoms with Gasteiger partial charge in [0, 0.05) is 44.1 Å². The molecule has 180 valence electrons. The Labute approximate surface area is 206 Å². The minimum absolute atomic E-state index is 0.129. The zero-order chi connectivity index (χ0) is 24.0. The Bertz CT molecular complexity index is 1310. The van der Waals surface area contributed by atoms with Crippen molar-refractivity contribution in [3.8, 4) is 0 Å². The molecule has 5 nitrogen and oxygen atoms in total. The highest BCUT2D eigenvalue weighted by atomic mass is 16.3. The Morgan fingerprint density at radius 2 is 2.03 bits per heavy atom. The topological polar surface area (TPSA) is 65.5 Å². The maximum Gasteiger partial charge on any atom is 0.252 e. The summed E-state index contributed by atoms with van der Waals surface area (Å²) >= 11 is 0. The number of amides is 1. The number of allylic oxidation sites excluding steroid dienone is 1. The van der Waals surface area contributed by atoms with Gasteiger partial charge in [0.05, 0.1) is 11.2 Å². The van der Waals surface area contributed by atoms with E-state index in [1.165, 1.54) is 28.3 Å². The molecule has 2 fully saturated rings. The van der Waals surface area contributed by atoms with Gasteiger partial charge in [-0.15, -0.1) is 0 Å². The van der Waals surface area contributed by atoms with Gasteiger partial charge in [-0.3, -0.25) is 14.7 Å². The molecule has 0 radical (unpaired) electrons. The fraction of sp³-hybridized carbons (Fsp3) is 0.400. The number of carbonyl (C=O) groups is 1. The summed E-state index contributed by atoms with van der Waals surface area (Å²) in [6, 6.07) is 12.9. The molecule has 2 N–H and O–H groups in total. The average Bonchev–Trinajstić information content (AvgIpc) is 3.68. The van der Waals surface area contributed by atoms with E-state index in [1.54, 1.807) is 18.0 Å². The number of aliphatic hydroxyl groups is 1. The maximum atomic E-state index is 12.4. The van der Waals surface area contributed by atoms with Gasteiger partial charge in [0.25, 0.3) is 5.91 Å². The molecular formula is C30H33N3O2. The van der Waals surface area contributed by atoms with E-state index in [0.717, 1.165) is 31.6 Å². The first-order valence-corrected chi connectivity index (χ1v) is 13.0. The molecule has 2 aromatic carbocycles. The second-order valence-corrected chi connectivity index (χ2v) is 10.5. The van der Waals surface area contributed by atoms with Crippen LogP contribution in [-0.4, -0.2) is 40.5 Å². The minimum atomic E-state index is -0.951. The normalized spacial score (nSPS) is 22.5. The zero-order valence-corrected chi connectivity index (χ0v) is 20.3. The number of fused-ring (bicyclic) bond motifs is 4.